The fraction of sp³-hybridized carbons (Fsp3) is 0.0625. The van der Waals surface area contributed by atoms with Crippen LogP contribution in [0.2, 0.25) is 0 Å². The number of fused-ring (bicyclic) bond motifs is 3. The van der Waals surface area contributed by atoms with Crippen molar-refractivity contribution in [1.82, 2.24) is 9.55 Å². The first-order valence-electron chi connectivity index (χ1n) is 17.4. The molecule has 2 nitrogen and oxygen atoms in total. The minimum atomic E-state index is 0.865. The zero-order chi connectivity index (χ0) is 33.6. The molecule has 1 heterocycles. The van der Waals surface area contributed by atoms with E-state index in [-0.39, 0.29) is 0 Å². The summed E-state index contributed by atoms with van der Waals surface area (Å²) in [5.74, 6) is 1.08. The molecule has 9 rings (SSSR count). The van der Waals surface area contributed by atoms with Crippen LogP contribution < -0.4 is 0 Å². The first-order valence-corrected chi connectivity index (χ1v) is 17.4. The van der Waals surface area contributed by atoms with Crippen LogP contribution in [0.3, 0.4) is 0 Å². The molecule has 0 saturated carbocycles. The van der Waals surface area contributed by atoms with Crippen molar-refractivity contribution in [2.75, 3.05) is 0 Å². The summed E-state index contributed by atoms with van der Waals surface area (Å²) in [5.41, 5.74) is 14.3. The van der Waals surface area contributed by atoms with Crippen molar-refractivity contribution in [3.05, 3.63) is 181 Å². The number of aryl methyl sites for hydroxylation is 2. The summed E-state index contributed by atoms with van der Waals surface area (Å²) in [4.78, 5) is 4.98. The van der Waals surface area contributed by atoms with Gasteiger partial charge < -0.3 is 0 Å². The van der Waals surface area contributed by atoms with E-state index in [9.17, 15) is 0 Å². The lowest BCUT2D eigenvalue weighted by atomic mass is 9.84. The molecule has 0 N–H and O–H groups in total. The lowest BCUT2D eigenvalue weighted by molar-refractivity contribution is 0.908. The predicted octanol–water partition coefficient (Wildman–Crippen LogP) is 12.9. The van der Waals surface area contributed by atoms with E-state index in [1.807, 2.05) is 0 Å². The Balaban J connectivity index is 1.26. The Morgan fingerprint density at radius 1 is 0.440 bits per heavy atom. The summed E-state index contributed by atoms with van der Waals surface area (Å²) in [6, 6.07) is 62.0. The van der Waals surface area contributed by atoms with Gasteiger partial charge in [-0.25, -0.2) is 4.98 Å². The Labute approximate surface area is 292 Å². The van der Waals surface area contributed by atoms with Crippen LogP contribution in [0.5, 0.6) is 0 Å². The molecule has 0 aliphatic rings. The highest BCUT2D eigenvalue weighted by atomic mass is 15.1. The van der Waals surface area contributed by atoms with Crippen LogP contribution in [0, 0.1) is 6.92 Å². The SMILES string of the molecule is CCc1nc2cc(C)ccc2n1-c1ccc(-c2c3ccccc3c(-c3cc(-c4ccccc4)cc(-c4ccccc4)c3)c3ccccc23)cc1. The Bertz CT molecular complexity index is 2550. The molecule has 0 aliphatic carbocycles. The molecule has 0 saturated heterocycles. The third kappa shape index (κ3) is 5.09. The molecule has 0 aliphatic heterocycles. The first-order chi connectivity index (χ1) is 24.7. The normalized spacial score (nSPS) is 11.5. The maximum atomic E-state index is 4.98. The van der Waals surface area contributed by atoms with E-state index in [0.29, 0.717) is 0 Å². The Morgan fingerprint density at radius 3 is 1.44 bits per heavy atom. The second kappa shape index (κ2) is 12.3. The minimum absolute atomic E-state index is 0.865. The average Bonchev–Trinajstić information content (AvgIpc) is 3.55. The van der Waals surface area contributed by atoms with Gasteiger partial charge in [-0.1, -0.05) is 134 Å². The van der Waals surface area contributed by atoms with E-state index in [1.54, 1.807) is 0 Å². The summed E-state index contributed by atoms with van der Waals surface area (Å²) in [5, 5.41) is 4.99. The van der Waals surface area contributed by atoms with Gasteiger partial charge in [0.1, 0.15) is 5.82 Å². The Kier molecular flexibility index (Phi) is 7.36. The molecule has 0 bridgehead atoms. The standard InChI is InChI=1S/C48H36N2/c1-3-46-49-44-28-32(2)22-27-45(44)50(46)39-25-23-35(24-26-39)47-40-18-10-12-20-42(40)48(43-21-13-11-19-41(43)47)38-30-36(33-14-6-4-7-15-33)29-37(31-38)34-16-8-5-9-17-34/h4-31H,3H2,1-2H3. The van der Waals surface area contributed by atoms with Crippen molar-refractivity contribution in [2.24, 2.45) is 0 Å². The largest absolute Gasteiger partial charge is 0.296 e. The van der Waals surface area contributed by atoms with E-state index in [4.69, 9.17) is 4.98 Å². The minimum Gasteiger partial charge on any atom is -0.296 e. The van der Waals surface area contributed by atoms with Gasteiger partial charge in [-0.3, -0.25) is 4.57 Å². The van der Waals surface area contributed by atoms with Crippen LogP contribution in [0.15, 0.2) is 170 Å². The van der Waals surface area contributed by atoms with Crippen molar-refractivity contribution in [2.45, 2.75) is 20.3 Å². The second-order valence-electron chi connectivity index (χ2n) is 13.1. The summed E-state index contributed by atoms with van der Waals surface area (Å²) < 4.78 is 2.31. The van der Waals surface area contributed by atoms with Gasteiger partial charge in [-0.05, 0) is 121 Å². The van der Waals surface area contributed by atoms with Crippen LogP contribution in [0.25, 0.3) is 82.8 Å². The number of benzene rings is 8. The fourth-order valence-electron chi connectivity index (χ4n) is 7.66. The van der Waals surface area contributed by atoms with Crippen molar-refractivity contribution >= 4 is 32.6 Å². The average molecular weight is 641 g/mol. The number of hydrogen-bond donors (Lipinski definition) is 0. The van der Waals surface area contributed by atoms with Crippen molar-refractivity contribution < 1.29 is 0 Å². The summed E-state index contributed by atoms with van der Waals surface area (Å²) in [6.45, 7) is 4.30. The molecule has 1 aromatic heterocycles. The predicted molar refractivity (Wildman–Crippen MR) is 212 cm³/mol. The van der Waals surface area contributed by atoms with Crippen LogP contribution in [0.4, 0.5) is 0 Å². The van der Waals surface area contributed by atoms with Crippen LogP contribution in [-0.2, 0) is 6.42 Å². The highest BCUT2D eigenvalue weighted by molar-refractivity contribution is 6.21. The molecule has 2 heteroatoms. The zero-order valence-electron chi connectivity index (χ0n) is 28.3. The van der Waals surface area contributed by atoms with Crippen molar-refractivity contribution in [1.29, 1.82) is 0 Å². The molecule has 0 fully saturated rings. The molecule has 9 aromatic rings. The number of rotatable bonds is 6. The van der Waals surface area contributed by atoms with Crippen molar-refractivity contribution in [3.63, 3.8) is 0 Å². The smallest absolute Gasteiger partial charge is 0.114 e. The van der Waals surface area contributed by atoms with Crippen LogP contribution in [0.1, 0.15) is 18.3 Å². The third-order valence-electron chi connectivity index (χ3n) is 9.98. The summed E-state index contributed by atoms with van der Waals surface area (Å²) in [7, 11) is 0. The fourth-order valence-corrected chi connectivity index (χ4v) is 7.66. The van der Waals surface area contributed by atoms with E-state index in [1.165, 1.54) is 71.6 Å². The highest BCUT2D eigenvalue weighted by Crippen LogP contribution is 2.45. The third-order valence-corrected chi connectivity index (χ3v) is 9.98. The van der Waals surface area contributed by atoms with Crippen molar-refractivity contribution in [3.8, 4) is 50.2 Å². The van der Waals surface area contributed by atoms with Gasteiger partial charge in [0, 0.05) is 12.1 Å². The van der Waals surface area contributed by atoms with Gasteiger partial charge in [-0.2, -0.15) is 0 Å². The Morgan fingerprint density at radius 2 is 0.920 bits per heavy atom. The van der Waals surface area contributed by atoms with Crippen LogP contribution >= 0.6 is 0 Å². The molecule has 0 radical (unpaired) electrons. The van der Waals surface area contributed by atoms with E-state index in [2.05, 4.69) is 188 Å². The van der Waals surface area contributed by atoms with E-state index < -0.39 is 0 Å². The zero-order valence-corrected chi connectivity index (χ0v) is 28.3. The number of hydrogen-bond acceptors (Lipinski definition) is 1. The van der Waals surface area contributed by atoms with E-state index in [0.717, 1.165) is 29.0 Å². The quantitative estimate of drug-likeness (QED) is 0.165. The van der Waals surface area contributed by atoms with Crippen LogP contribution in [-0.4, -0.2) is 9.55 Å². The molecule has 0 spiro atoms. The molecule has 0 atom stereocenters. The molecular weight excluding hydrogens is 605 g/mol. The number of imidazole rings is 1. The maximum Gasteiger partial charge on any atom is 0.114 e. The summed E-state index contributed by atoms with van der Waals surface area (Å²) >= 11 is 0. The van der Waals surface area contributed by atoms with Gasteiger partial charge in [0.05, 0.1) is 11.0 Å². The number of nitrogens with zero attached hydrogens (tertiary/aromatic N) is 2. The number of aromatic nitrogens is 2. The molecule has 238 valence electrons. The topological polar surface area (TPSA) is 17.8 Å². The maximum absolute atomic E-state index is 4.98. The van der Waals surface area contributed by atoms with Gasteiger partial charge in [-0.15, -0.1) is 0 Å². The summed E-state index contributed by atoms with van der Waals surface area (Å²) in [6.07, 6.45) is 0.865. The van der Waals surface area contributed by atoms with Gasteiger partial charge in [0.25, 0.3) is 0 Å². The van der Waals surface area contributed by atoms with Gasteiger partial charge in [0.15, 0.2) is 0 Å². The molecule has 8 aromatic carbocycles. The monoisotopic (exact) mass is 640 g/mol. The lowest BCUT2D eigenvalue weighted by Crippen LogP contribution is -2.00. The molecular formula is C48H36N2. The van der Waals surface area contributed by atoms with Gasteiger partial charge >= 0.3 is 0 Å². The van der Waals surface area contributed by atoms with E-state index >= 15 is 0 Å². The van der Waals surface area contributed by atoms with Gasteiger partial charge in [0.2, 0.25) is 0 Å². The molecule has 0 amide bonds. The second-order valence-corrected chi connectivity index (χ2v) is 13.1. The first kappa shape index (κ1) is 29.9. The molecule has 0 unspecified atom stereocenters. The Hall–Kier alpha value is -6.25. The molecule has 50 heavy (non-hydrogen) atoms. The lowest BCUT2D eigenvalue weighted by Gasteiger charge is -2.19. The highest BCUT2D eigenvalue weighted by Gasteiger charge is 2.19.